The Morgan fingerprint density at radius 2 is 1.85 bits per heavy atom. The van der Waals surface area contributed by atoms with Gasteiger partial charge in [0.05, 0.1) is 12.6 Å². The monoisotopic (exact) mass is 540 g/mol. The van der Waals surface area contributed by atoms with E-state index in [0.29, 0.717) is 24.4 Å². The van der Waals surface area contributed by atoms with Crippen molar-refractivity contribution in [2.75, 3.05) is 26.2 Å². The SMILES string of the molecule is Cc1nnc(-c2ccc(OCC[C@@H]3CN(C(=O)OCc4ccccc4)CCN3C(=O)OC(C)(C)C)c(F)c2)o1. The molecule has 2 amide bonds. The van der Waals surface area contributed by atoms with Crippen LogP contribution in [0, 0.1) is 12.7 Å². The number of hydrogen-bond donors (Lipinski definition) is 0. The lowest BCUT2D eigenvalue weighted by Gasteiger charge is -2.41. The van der Waals surface area contributed by atoms with Gasteiger partial charge in [-0.3, -0.25) is 0 Å². The fourth-order valence-electron chi connectivity index (χ4n) is 4.11. The summed E-state index contributed by atoms with van der Waals surface area (Å²) in [5, 5.41) is 7.65. The molecule has 11 heteroatoms. The van der Waals surface area contributed by atoms with Crippen LogP contribution in [0.3, 0.4) is 0 Å². The summed E-state index contributed by atoms with van der Waals surface area (Å²) in [6, 6.07) is 13.4. The second-order valence-corrected chi connectivity index (χ2v) is 10.2. The van der Waals surface area contributed by atoms with Gasteiger partial charge in [0.2, 0.25) is 11.8 Å². The zero-order valence-corrected chi connectivity index (χ0v) is 22.6. The molecule has 10 nitrogen and oxygen atoms in total. The van der Waals surface area contributed by atoms with Crippen LogP contribution < -0.4 is 4.74 Å². The first kappa shape index (κ1) is 27.9. The summed E-state index contributed by atoms with van der Waals surface area (Å²) in [7, 11) is 0. The smallest absolute Gasteiger partial charge is 0.410 e. The number of carbonyl (C=O) groups excluding carboxylic acids is 2. The van der Waals surface area contributed by atoms with Gasteiger partial charge in [-0.05, 0) is 44.5 Å². The Labute approximate surface area is 226 Å². The topological polar surface area (TPSA) is 107 Å². The predicted octanol–water partition coefficient (Wildman–Crippen LogP) is 5.21. The number of ether oxygens (including phenoxy) is 3. The number of rotatable bonds is 7. The Bertz CT molecular complexity index is 1280. The molecule has 1 aliphatic heterocycles. The van der Waals surface area contributed by atoms with Gasteiger partial charge in [0, 0.05) is 38.5 Å². The van der Waals surface area contributed by atoms with Gasteiger partial charge in [-0.1, -0.05) is 30.3 Å². The first-order chi connectivity index (χ1) is 18.6. The van der Waals surface area contributed by atoms with E-state index < -0.39 is 29.6 Å². The standard InChI is InChI=1S/C28H33FN4O6/c1-19-30-31-25(38-19)21-10-11-24(23(29)16-21)36-15-12-22-17-32(13-14-33(22)27(35)39-28(2,3)4)26(34)37-18-20-8-6-5-7-9-20/h5-11,16,22H,12-15,17-18H2,1-4H3/t22-/m1/s1. The van der Waals surface area contributed by atoms with Crippen LogP contribution >= 0.6 is 0 Å². The molecule has 1 aliphatic rings. The van der Waals surface area contributed by atoms with Crippen molar-refractivity contribution < 1.29 is 32.6 Å². The van der Waals surface area contributed by atoms with Crippen molar-refractivity contribution >= 4 is 12.2 Å². The minimum Gasteiger partial charge on any atom is -0.490 e. The lowest BCUT2D eigenvalue weighted by atomic mass is 10.1. The fraction of sp³-hybridized carbons (Fsp3) is 0.429. The number of aromatic nitrogens is 2. The average Bonchev–Trinajstić information content (AvgIpc) is 3.34. The zero-order chi connectivity index (χ0) is 28.0. The Hall–Kier alpha value is -4.15. The third-order valence-corrected chi connectivity index (χ3v) is 5.99. The van der Waals surface area contributed by atoms with Gasteiger partial charge < -0.3 is 28.4 Å². The molecule has 1 saturated heterocycles. The molecule has 2 aromatic carbocycles. The van der Waals surface area contributed by atoms with Gasteiger partial charge >= 0.3 is 12.2 Å². The zero-order valence-electron chi connectivity index (χ0n) is 22.6. The lowest BCUT2D eigenvalue weighted by molar-refractivity contribution is -0.00620. The van der Waals surface area contributed by atoms with Crippen molar-refractivity contribution in [1.82, 2.24) is 20.0 Å². The number of carbonyl (C=O) groups is 2. The van der Waals surface area contributed by atoms with E-state index in [2.05, 4.69) is 10.2 Å². The van der Waals surface area contributed by atoms with Crippen LogP contribution in [0.4, 0.5) is 14.0 Å². The number of hydrogen-bond acceptors (Lipinski definition) is 8. The van der Waals surface area contributed by atoms with E-state index in [1.165, 1.54) is 12.1 Å². The molecule has 208 valence electrons. The molecule has 2 heterocycles. The summed E-state index contributed by atoms with van der Waals surface area (Å²) in [6.07, 6.45) is -0.604. The molecule has 1 fully saturated rings. The Balaban J connectivity index is 1.39. The number of benzene rings is 2. The van der Waals surface area contributed by atoms with Crippen LogP contribution in [0.1, 0.15) is 38.6 Å². The van der Waals surface area contributed by atoms with Crippen molar-refractivity contribution in [3.63, 3.8) is 0 Å². The number of piperazine rings is 1. The third-order valence-electron chi connectivity index (χ3n) is 5.99. The highest BCUT2D eigenvalue weighted by molar-refractivity contribution is 5.71. The highest BCUT2D eigenvalue weighted by Gasteiger charge is 2.35. The minimum absolute atomic E-state index is 0.0498. The fourth-order valence-corrected chi connectivity index (χ4v) is 4.11. The van der Waals surface area contributed by atoms with Crippen molar-refractivity contribution in [2.45, 2.75) is 52.4 Å². The molecule has 1 aromatic heterocycles. The van der Waals surface area contributed by atoms with Crippen molar-refractivity contribution in [1.29, 1.82) is 0 Å². The quantitative estimate of drug-likeness (QED) is 0.402. The van der Waals surface area contributed by atoms with E-state index in [4.69, 9.17) is 18.6 Å². The van der Waals surface area contributed by atoms with Crippen LogP contribution in [-0.4, -0.2) is 70.1 Å². The Kier molecular flexibility index (Phi) is 8.68. The van der Waals surface area contributed by atoms with E-state index in [1.54, 1.807) is 43.6 Å². The van der Waals surface area contributed by atoms with Crippen molar-refractivity contribution in [3.05, 3.63) is 65.8 Å². The van der Waals surface area contributed by atoms with Gasteiger partial charge in [0.1, 0.15) is 12.2 Å². The highest BCUT2D eigenvalue weighted by Crippen LogP contribution is 2.26. The molecule has 0 bridgehead atoms. The molecule has 1 atom stereocenters. The van der Waals surface area contributed by atoms with Crippen molar-refractivity contribution in [3.8, 4) is 17.2 Å². The normalized spacial score (nSPS) is 15.7. The van der Waals surface area contributed by atoms with E-state index >= 15 is 0 Å². The average molecular weight is 541 g/mol. The first-order valence-corrected chi connectivity index (χ1v) is 12.8. The summed E-state index contributed by atoms with van der Waals surface area (Å²) < 4.78 is 36.8. The van der Waals surface area contributed by atoms with Crippen LogP contribution in [0.15, 0.2) is 52.9 Å². The van der Waals surface area contributed by atoms with Gasteiger partial charge in [0.25, 0.3) is 0 Å². The number of amides is 2. The molecular formula is C28H33FN4O6. The molecule has 0 unspecified atom stereocenters. The molecular weight excluding hydrogens is 507 g/mol. The van der Waals surface area contributed by atoms with E-state index in [-0.39, 0.29) is 37.9 Å². The predicted molar refractivity (Wildman–Crippen MR) is 139 cm³/mol. The third kappa shape index (κ3) is 7.68. The summed E-state index contributed by atoms with van der Waals surface area (Å²) in [5.74, 6) is 0.0639. The maximum Gasteiger partial charge on any atom is 0.410 e. The second-order valence-electron chi connectivity index (χ2n) is 10.2. The Morgan fingerprint density at radius 3 is 2.51 bits per heavy atom. The summed E-state index contributed by atoms with van der Waals surface area (Å²) in [6.45, 7) is 8.09. The maximum absolute atomic E-state index is 14.7. The van der Waals surface area contributed by atoms with Gasteiger partial charge in [-0.25, -0.2) is 14.0 Å². The minimum atomic E-state index is -0.675. The molecule has 4 rings (SSSR count). The van der Waals surface area contributed by atoms with E-state index in [1.807, 2.05) is 30.3 Å². The summed E-state index contributed by atoms with van der Waals surface area (Å²) in [5.41, 5.74) is 0.644. The van der Waals surface area contributed by atoms with Gasteiger partial charge in [-0.15, -0.1) is 10.2 Å². The maximum atomic E-state index is 14.7. The lowest BCUT2D eigenvalue weighted by Crippen LogP contribution is -2.57. The second kappa shape index (κ2) is 12.1. The molecule has 3 aromatic rings. The number of nitrogens with zero attached hydrogens (tertiary/aromatic N) is 4. The number of halogens is 1. The molecule has 0 spiro atoms. The summed E-state index contributed by atoms with van der Waals surface area (Å²) >= 11 is 0. The van der Waals surface area contributed by atoms with Crippen molar-refractivity contribution in [2.24, 2.45) is 0 Å². The first-order valence-electron chi connectivity index (χ1n) is 12.8. The largest absolute Gasteiger partial charge is 0.490 e. The van der Waals surface area contributed by atoms with Gasteiger partial charge in [0.15, 0.2) is 11.6 Å². The highest BCUT2D eigenvalue weighted by atomic mass is 19.1. The molecule has 0 aliphatic carbocycles. The Morgan fingerprint density at radius 1 is 1.08 bits per heavy atom. The molecule has 0 N–H and O–H groups in total. The van der Waals surface area contributed by atoms with E-state index in [0.717, 1.165) is 5.56 Å². The van der Waals surface area contributed by atoms with Crippen LogP contribution in [0.2, 0.25) is 0 Å². The molecule has 39 heavy (non-hydrogen) atoms. The summed E-state index contributed by atoms with van der Waals surface area (Å²) in [4.78, 5) is 28.9. The molecule has 0 radical (unpaired) electrons. The van der Waals surface area contributed by atoms with Crippen LogP contribution in [0.5, 0.6) is 5.75 Å². The molecule has 0 saturated carbocycles. The number of aryl methyl sites for hydroxylation is 1. The van der Waals surface area contributed by atoms with E-state index in [9.17, 15) is 14.0 Å². The van der Waals surface area contributed by atoms with Gasteiger partial charge in [-0.2, -0.15) is 0 Å². The van der Waals surface area contributed by atoms with Crippen LogP contribution in [-0.2, 0) is 16.1 Å². The van der Waals surface area contributed by atoms with Crippen LogP contribution in [0.25, 0.3) is 11.5 Å².